The highest BCUT2D eigenvalue weighted by Gasteiger charge is 2.07. The van der Waals surface area contributed by atoms with E-state index in [-0.39, 0.29) is 14.6 Å². The molecule has 52 valence electrons. The first-order valence-corrected chi connectivity index (χ1v) is 4.24. The van der Waals surface area contributed by atoms with Crippen molar-refractivity contribution < 1.29 is 4.79 Å². The van der Waals surface area contributed by atoms with Crippen LogP contribution in [-0.4, -0.2) is 11.4 Å². The number of carbonyl (C=O) groups is 1. The summed E-state index contributed by atoms with van der Waals surface area (Å²) >= 11 is 16.6. The van der Waals surface area contributed by atoms with Crippen molar-refractivity contribution >= 4 is 51.7 Å². The lowest BCUT2D eigenvalue weighted by Gasteiger charge is -1.90. The Morgan fingerprint density at radius 1 is 1.33 bits per heavy atom. The van der Waals surface area contributed by atoms with Gasteiger partial charge < -0.3 is 0 Å². The highest BCUT2D eigenvalue weighted by atomic mass is 35.5. The molecule has 9 heavy (non-hydrogen) atoms. The molecule has 0 aliphatic carbocycles. The SMILES string of the molecule is CSC(=O)C(Cl)=C(Cl)Cl. The second kappa shape index (κ2) is 4.45. The average molecular weight is 205 g/mol. The van der Waals surface area contributed by atoms with Crippen LogP contribution in [0.3, 0.4) is 0 Å². The number of carbonyl (C=O) groups excluding carboxylic acids is 1. The average Bonchev–Trinajstić information content (AvgIpc) is 1.84. The van der Waals surface area contributed by atoms with Crippen LogP contribution in [0.1, 0.15) is 0 Å². The summed E-state index contributed by atoms with van der Waals surface area (Å²) in [5.74, 6) is 0. The Balaban J connectivity index is 4.21. The Kier molecular flexibility index (Phi) is 4.76. The Labute approximate surface area is 72.3 Å². The number of rotatable bonds is 1. The van der Waals surface area contributed by atoms with Gasteiger partial charge in [0, 0.05) is 0 Å². The Morgan fingerprint density at radius 3 is 1.89 bits per heavy atom. The normalized spacial score (nSPS) is 8.89. The minimum atomic E-state index is -0.323. The Morgan fingerprint density at radius 2 is 1.78 bits per heavy atom. The van der Waals surface area contributed by atoms with Crippen LogP contribution in [0.25, 0.3) is 0 Å². The molecule has 0 aliphatic rings. The topological polar surface area (TPSA) is 17.1 Å². The van der Waals surface area contributed by atoms with E-state index in [2.05, 4.69) is 0 Å². The van der Waals surface area contributed by atoms with Crippen LogP contribution >= 0.6 is 46.6 Å². The Bertz CT molecular complexity index is 150. The molecule has 0 aromatic carbocycles. The van der Waals surface area contributed by atoms with Gasteiger partial charge in [0.15, 0.2) is 0 Å². The van der Waals surface area contributed by atoms with Gasteiger partial charge in [-0.1, -0.05) is 46.6 Å². The first-order valence-electron chi connectivity index (χ1n) is 1.88. The molecule has 0 N–H and O–H groups in total. The molecule has 0 saturated carbocycles. The van der Waals surface area contributed by atoms with Gasteiger partial charge in [-0.3, -0.25) is 4.79 Å². The van der Waals surface area contributed by atoms with E-state index in [0.29, 0.717) is 0 Å². The first kappa shape index (κ1) is 9.63. The maximum atomic E-state index is 10.6. The van der Waals surface area contributed by atoms with Gasteiger partial charge >= 0.3 is 0 Å². The number of hydrogen-bond acceptors (Lipinski definition) is 2. The van der Waals surface area contributed by atoms with Crippen LogP contribution in [0.15, 0.2) is 9.52 Å². The predicted molar refractivity (Wildman–Crippen MR) is 43.1 cm³/mol. The third-order valence-electron chi connectivity index (χ3n) is 0.531. The van der Waals surface area contributed by atoms with Gasteiger partial charge in [-0.15, -0.1) is 0 Å². The molecular formula is C4H3Cl3OS. The van der Waals surface area contributed by atoms with E-state index in [1.807, 2.05) is 0 Å². The molecular weight excluding hydrogens is 202 g/mol. The van der Waals surface area contributed by atoms with Gasteiger partial charge in [-0.2, -0.15) is 0 Å². The molecule has 0 atom stereocenters. The van der Waals surface area contributed by atoms with Crippen molar-refractivity contribution in [3.63, 3.8) is 0 Å². The zero-order valence-electron chi connectivity index (χ0n) is 4.45. The highest BCUT2D eigenvalue weighted by Crippen LogP contribution is 2.21. The minimum Gasteiger partial charge on any atom is -0.280 e. The summed E-state index contributed by atoms with van der Waals surface area (Å²) in [5.41, 5.74) is 0. The van der Waals surface area contributed by atoms with Crippen molar-refractivity contribution in [3.8, 4) is 0 Å². The molecule has 0 unspecified atom stereocenters. The van der Waals surface area contributed by atoms with Crippen LogP contribution in [0.5, 0.6) is 0 Å². The van der Waals surface area contributed by atoms with Crippen LogP contribution < -0.4 is 0 Å². The smallest absolute Gasteiger partial charge is 0.232 e. The molecule has 0 aromatic rings. The monoisotopic (exact) mass is 204 g/mol. The lowest BCUT2D eigenvalue weighted by Crippen LogP contribution is -1.88. The second-order valence-electron chi connectivity index (χ2n) is 1.07. The third-order valence-corrected chi connectivity index (χ3v) is 2.15. The maximum Gasteiger partial charge on any atom is 0.232 e. The molecule has 0 fully saturated rings. The molecule has 0 aliphatic heterocycles. The van der Waals surface area contributed by atoms with Gasteiger partial charge in [0.05, 0.1) is 0 Å². The molecule has 0 radical (unpaired) electrons. The van der Waals surface area contributed by atoms with Crippen molar-refractivity contribution in [1.29, 1.82) is 0 Å². The fourth-order valence-electron chi connectivity index (χ4n) is 0.167. The van der Waals surface area contributed by atoms with Crippen LogP contribution in [0.4, 0.5) is 0 Å². The van der Waals surface area contributed by atoms with E-state index in [4.69, 9.17) is 34.8 Å². The zero-order chi connectivity index (χ0) is 7.44. The number of hydrogen-bond donors (Lipinski definition) is 0. The molecule has 0 saturated heterocycles. The molecule has 0 amide bonds. The molecule has 0 spiro atoms. The lowest BCUT2D eigenvalue weighted by atomic mass is 10.7. The maximum absolute atomic E-state index is 10.6. The number of thioether (sulfide) groups is 1. The van der Waals surface area contributed by atoms with Crippen molar-refractivity contribution in [1.82, 2.24) is 0 Å². The summed E-state index contributed by atoms with van der Waals surface area (Å²) in [7, 11) is 0. The van der Waals surface area contributed by atoms with Crippen LogP contribution in [-0.2, 0) is 4.79 Å². The summed E-state index contributed by atoms with van der Waals surface area (Å²) in [4.78, 5) is 10.6. The van der Waals surface area contributed by atoms with Gasteiger partial charge in [0.1, 0.15) is 9.52 Å². The zero-order valence-corrected chi connectivity index (χ0v) is 7.53. The van der Waals surface area contributed by atoms with Gasteiger partial charge in [-0.25, -0.2) is 0 Å². The lowest BCUT2D eigenvalue weighted by molar-refractivity contribution is -0.107. The van der Waals surface area contributed by atoms with E-state index in [1.165, 1.54) is 0 Å². The van der Waals surface area contributed by atoms with Gasteiger partial charge in [0.25, 0.3) is 0 Å². The van der Waals surface area contributed by atoms with E-state index in [0.717, 1.165) is 11.8 Å². The van der Waals surface area contributed by atoms with Crippen LogP contribution in [0.2, 0.25) is 0 Å². The molecule has 0 bridgehead atoms. The summed E-state index contributed by atoms with van der Waals surface area (Å²) in [6.07, 6.45) is 1.60. The highest BCUT2D eigenvalue weighted by molar-refractivity contribution is 8.13. The minimum absolute atomic E-state index is 0.120. The predicted octanol–water partition coefficient (Wildman–Crippen LogP) is 2.76. The standard InChI is InChI=1S/C4H3Cl3OS/c1-9-4(8)2(5)3(6)7/h1H3. The van der Waals surface area contributed by atoms with E-state index >= 15 is 0 Å². The molecule has 0 aromatic heterocycles. The number of halogens is 3. The summed E-state index contributed by atoms with van der Waals surface area (Å²) in [6, 6.07) is 0. The van der Waals surface area contributed by atoms with Crippen molar-refractivity contribution in [2.45, 2.75) is 0 Å². The summed E-state index contributed by atoms with van der Waals surface area (Å²) in [5, 5.41) is -0.442. The van der Waals surface area contributed by atoms with E-state index < -0.39 is 0 Å². The molecule has 5 heteroatoms. The quantitative estimate of drug-likeness (QED) is 0.612. The molecule has 0 heterocycles. The van der Waals surface area contributed by atoms with Crippen molar-refractivity contribution in [2.24, 2.45) is 0 Å². The molecule has 1 nitrogen and oxygen atoms in total. The summed E-state index contributed by atoms with van der Waals surface area (Å²) in [6.45, 7) is 0. The fraction of sp³-hybridized carbons (Fsp3) is 0.250. The fourth-order valence-corrected chi connectivity index (χ4v) is 0.963. The molecule has 0 rings (SSSR count). The summed E-state index contributed by atoms with van der Waals surface area (Å²) < 4.78 is -0.184. The van der Waals surface area contributed by atoms with E-state index in [9.17, 15) is 4.79 Å². The van der Waals surface area contributed by atoms with Gasteiger partial charge in [-0.05, 0) is 6.26 Å². The van der Waals surface area contributed by atoms with Crippen molar-refractivity contribution in [2.75, 3.05) is 6.26 Å². The van der Waals surface area contributed by atoms with E-state index in [1.54, 1.807) is 6.26 Å². The third kappa shape index (κ3) is 3.36. The Hall–Kier alpha value is 0.630. The first-order chi connectivity index (χ1) is 4.09. The van der Waals surface area contributed by atoms with Crippen LogP contribution in [0, 0.1) is 0 Å². The van der Waals surface area contributed by atoms with Gasteiger partial charge in [0.2, 0.25) is 5.12 Å². The largest absolute Gasteiger partial charge is 0.280 e. The van der Waals surface area contributed by atoms with Crippen molar-refractivity contribution in [3.05, 3.63) is 9.52 Å². The second-order valence-corrected chi connectivity index (χ2v) is 3.17.